The number of nitrogens with one attached hydrogen (secondary N) is 1. The average Bonchev–Trinajstić information content (AvgIpc) is 3.06. The van der Waals surface area contributed by atoms with Crippen LogP contribution in [0.25, 0.3) is 11.4 Å². The number of fused-ring (bicyclic) bond motifs is 1. The van der Waals surface area contributed by atoms with Gasteiger partial charge in [0.25, 0.3) is 5.91 Å². The molecule has 1 N–H and O–H groups in total. The van der Waals surface area contributed by atoms with Crippen LogP contribution in [0.4, 0.5) is 8.78 Å². The summed E-state index contributed by atoms with van der Waals surface area (Å²) < 4.78 is 30.6. The monoisotopic (exact) mass is 488 g/mol. The van der Waals surface area contributed by atoms with E-state index in [1.165, 1.54) is 0 Å². The molecule has 0 saturated carbocycles. The van der Waals surface area contributed by atoms with E-state index in [4.69, 9.17) is 0 Å². The van der Waals surface area contributed by atoms with Gasteiger partial charge in [0.15, 0.2) is 11.5 Å². The number of benzene rings is 1. The van der Waals surface area contributed by atoms with Gasteiger partial charge in [-0.05, 0) is 50.4 Å². The summed E-state index contributed by atoms with van der Waals surface area (Å²) in [5, 5.41) is 2.95. The number of hydrogen-bond acceptors (Lipinski definition) is 4. The molecule has 6 nitrogen and oxygen atoms in total. The lowest BCUT2D eigenvalue weighted by molar-refractivity contribution is -0.126. The van der Waals surface area contributed by atoms with Gasteiger partial charge in [-0.2, -0.15) is 0 Å². The maximum Gasteiger partial charge on any atom is 0.272 e. The number of carbonyl (C=O) groups is 2. The molecule has 0 spiro atoms. The van der Waals surface area contributed by atoms with Crippen molar-refractivity contribution >= 4 is 11.7 Å². The summed E-state index contributed by atoms with van der Waals surface area (Å²) in [6.07, 6.45) is 2.38. The first-order chi connectivity index (χ1) is 16.3. The molecule has 3 rings (SSSR count). The number of imidazole rings is 1. The number of ketones is 1. The Balaban J connectivity index is 2.08. The van der Waals surface area contributed by atoms with Crippen LogP contribution in [0.3, 0.4) is 0 Å². The molecule has 0 saturated heterocycles. The van der Waals surface area contributed by atoms with E-state index in [0.717, 1.165) is 37.5 Å². The molecule has 1 amide bonds. The smallest absolute Gasteiger partial charge is 0.272 e. The second-order valence-corrected chi connectivity index (χ2v) is 10.9. The molecule has 35 heavy (non-hydrogen) atoms. The second kappa shape index (κ2) is 10.6. The van der Waals surface area contributed by atoms with Crippen LogP contribution in [0.5, 0.6) is 0 Å². The van der Waals surface area contributed by atoms with Gasteiger partial charge in [0, 0.05) is 25.0 Å². The largest absolute Gasteiger partial charge is 0.340 e. The molecule has 0 aliphatic carbocycles. The Bertz CT molecular complexity index is 1090. The molecule has 3 unspecified atom stereocenters. The van der Waals surface area contributed by atoms with Crippen molar-refractivity contribution in [2.24, 2.45) is 11.3 Å². The quantitative estimate of drug-likeness (QED) is 0.582. The third-order valence-electron chi connectivity index (χ3n) is 7.01. The number of halogens is 2. The molecular weight excluding hydrogens is 450 g/mol. The minimum Gasteiger partial charge on any atom is -0.340 e. The van der Waals surface area contributed by atoms with Gasteiger partial charge < -0.3 is 9.88 Å². The van der Waals surface area contributed by atoms with Crippen molar-refractivity contribution in [2.45, 2.75) is 86.0 Å². The number of nitrogens with zero attached hydrogens (tertiary/aromatic N) is 3. The molecule has 1 aromatic heterocycles. The second-order valence-electron chi connectivity index (χ2n) is 10.9. The third-order valence-corrected chi connectivity index (χ3v) is 7.01. The van der Waals surface area contributed by atoms with Gasteiger partial charge >= 0.3 is 0 Å². The molecule has 0 radical (unpaired) electrons. The Labute approximate surface area is 207 Å². The molecule has 192 valence electrons. The molecule has 8 heteroatoms. The number of Topliss-reactive ketones (excluding diaryl/α,β-unsaturated/α-hetero) is 1. The lowest BCUT2D eigenvalue weighted by Crippen LogP contribution is -2.51. The van der Waals surface area contributed by atoms with Crippen LogP contribution < -0.4 is 5.32 Å². The van der Waals surface area contributed by atoms with Crippen molar-refractivity contribution in [1.82, 2.24) is 19.8 Å². The predicted molar refractivity (Wildman–Crippen MR) is 133 cm³/mol. The summed E-state index contributed by atoms with van der Waals surface area (Å²) in [7, 11) is 1.96. The molecule has 3 atom stereocenters. The minimum absolute atomic E-state index is 0.0138. The van der Waals surface area contributed by atoms with Gasteiger partial charge in [0.2, 0.25) is 0 Å². The average molecular weight is 489 g/mol. The fourth-order valence-electron chi connectivity index (χ4n) is 4.65. The first-order valence-corrected chi connectivity index (χ1v) is 12.4. The Morgan fingerprint density at radius 2 is 1.94 bits per heavy atom. The maximum atomic E-state index is 14.7. The third kappa shape index (κ3) is 5.80. The Morgan fingerprint density at radius 3 is 2.57 bits per heavy atom. The number of carbonyl (C=O) groups excluding carboxylic acids is 2. The van der Waals surface area contributed by atoms with Gasteiger partial charge in [-0.15, -0.1) is 0 Å². The van der Waals surface area contributed by atoms with Crippen molar-refractivity contribution in [3.63, 3.8) is 0 Å². The van der Waals surface area contributed by atoms with Crippen molar-refractivity contribution in [3.05, 3.63) is 41.2 Å². The number of hydrogen-bond donors (Lipinski definition) is 1. The highest BCUT2D eigenvalue weighted by molar-refractivity contribution is 5.98. The van der Waals surface area contributed by atoms with Crippen LogP contribution in [-0.4, -0.2) is 45.3 Å². The molecule has 2 aromatic rings. The molecule has 0 bridgehead atoms. The first kappa shape index (κ1) is 27.0. The zero-order valence-electron chi connectivity index (χ0n) is 21.9. The Kier molecular flexibility index (Phi) is 8.14. The fourth-order valence-corrected chi connectivity index (χ4v) is 4.65. The summed E-state index contributed by atoms with van der Waals surface area (Å²) in [5.74, 6) is -1.63. The molecule has 1 aliphatic rings. The van der Waals surface area contributed by atoms with E-state index in [2.05, 4.69) is 22.1 Å². The standard InChI is InChI=1S/C27H38F2N4O2/c1-8-9-16(2)23(34)24(27(4,5)6)31-26(35)22-21-15-32(7)17(3)12-13-33(21)25(30-22)19-14-18(28)10-11-20(19)29/h10-11,14,16-17,24H,8-9,12-13,15H2,1-7H3,(H,31,35). The molecule has 2 heterocycles. The molecular formula is C27H38F2N4O2. The predicted octanol–water partition coefficient (Wildman–Crippen LogP) is 5.20. The Hall–Kier alpha value is -2.61. The summed E-state index contributed by atoms with van der Waals surface area (Å²) in [6.45, 7) is 12.7. The van der Waals surface area contributed by atoms with Gasteiger partial charge in [0.05, 0.1) is 17.3 Å². The highest BCUT2D eigenvalue weighted by Crippen LogP contribution is 2.31. The number of amides is 1. The van der Waals surface area contributed by atoms with Gasteiger partial charge in [-0.1, -0.05) is 41.0 Å². The van der Waals surface area contributed by atoms with Gasteiger partial charge in [-0.25, -0.2) is 13.8 Å². The first-order valence-electron chi connectivity index (χ1n) is 12.4. The van der Waals surface area contributed by atoms with Crippen molar-refractivity contribution in [2.75, 3.05) is 7.05 Å². The lowest BCUT2D eigenvalue weighted by Gasteiger charge is -2.32. The highest BCUT2D eigenvalue weighted by atomic mass is 19.1. The van der Waals surface area contributed by atoms with Crippen LogP contribution in [0.2, 0.25) is 0 Å². The maximum absolute atomic E-state index is 14.7. The van der Waals surface area contributed by atoms with Gasteiger partial charge in [0.1, 0.15) is 17.5 Å². The molecule has 0 fully saturated rings. The van der Waals surface area contributed by atoms with Crippen LogP contribution in [0.15, 0.2) is 18.2 Å². The SMILES string of the molecule is CCCC(C)C(=O)C(NC(=O)c1nc(-c2cc(F)ccc2F)n2c1CN(C)C(C)CC2)C(C)(C)C. The van der Waals surface area contributed by atoms with Crippen LogP contribution in [0, 0.1) is 23.0 Å². The van der Waals surface area contributed by atoms with Crippen LogP contribution in [-0.2, 0) is 17.9 Å². The summed E-state index contributed by atoms with van der Waals surface area (Å²) in [4.78, 5) is 33.5. The van der Waals surface area contributed by atoms with E-state index in [0.29, 0.717) is 18.8 Å². The van der Waals surface area contributed by atoms with Crippen LogP contribution >= 0.6 is 0 Å². The minimum atomic E-state index is -0.703. The van der Waals surface area contributed by atoms with E-state index in [1.807, 2.05) is 46.2 Å². The highest BCUT2D eigenvalue weighted by Gasteiger charge is 2.37. The van der Waals surface area contributed by atoms with E-state index in [9.17, 15) is 18.4 Å². The van der Waals surface area contributed by atoms with E-state index < -0.39 is 29.0 Å². The number of aromatic nitrogens is 2. The zero-order valence-corrected chi connectivity index (χ0v) is 21.9. The van der Waals surface area contributed by atoms with E-state index >= 15 is 0 Å². The van der Waals surface area contributed by atoms with Crippen molar-refractivity contribution < 1.29 is 18.4 Å². The van der Waals surface area contributed by atoms with Crippen molar-refractivity contribution in [3.8, 4) is 11.4 Å². The normalized spacial score (nSPS) is 18.5. The summed E-state index contributed by atoms with van der Waals surface area (Å²) in [6, 6.07) is 2.77. The van der Waals surface area contributed by atoms with E-state index in [-0.39, 0.29) is 34.8 Å². The lowest BCUT2D eigenvalue weighted by atomic mass is 9.79. The topological polar surface area (TPSA) is 67.2 Å². The zero-order chi connectivity index (χ0) is 26.1. The van der Waals surface area contributed by atoms with E-state index in [1.54, 1.807) is 0 Å². The number of rotatable bonds is 7. The Morgan fingerprint density at radius 1 is 1.26 bits per heavy atom. The van der Waals surface area contributed by atoms with Crippen LogP contribution in [0.1, 0.15) is 77.0 Å². The van der Waals surface area contributed by atoms with Gasteiger partial charge in [-0.3, -0.25) is 14.5 Å². The fraction of sp³-hybridized carbons (Fsp3) is 0.593. The summed E-state index contributed by atoms with van der Waals surface area (Å²) >= 11 is 0. The summed E-state index contributed by atoms with van der Waals surface area (Å²) in [5.41, 5.74) is 0.292. The molecule has 1 aliphatic heterocycles. The van der Waals surface area contributed by atoms with Crippen molar-refractivity contribution in [1.29, 1.82) is 0 Å². The molecule has 1 aromatic carbocycles.